The van der Waals surface area contributed by atoms with E-state index in [1.807, 2.05) is 28.7 Å². The van der Waals surface area contributed by atoms with E-state index in [0.717, 1.165) is 3.57 Å². The first-order chi connectivity index (χ1) is 8.53. The van der Waals surface area contributed by atoms with Crippen molar-refractivity contribution in [1.29, 1.82) is 0 Å². The average molecular weight is 379 g/mol. The molecule has 18 heavy (non-hydrogen) atoms. The minimum atomic E-state index is -3.76. The highest BCUT2D eigenvalue weighted by molar-refractivity contribution is 14.1. The Bertz CT molecular complexity index is 651. The topological polar surface area (TPSA) is 79.5 Å². The second-order valence-corrected chi connectivity index (χ2v) is 6.24. The van der Waals surface area contributed by atoms with E-state index in [9.17, 15) is 8.42 Å². The van der Waals surface area contributed by atoms with Gasteiger partial charge in [0.25, 0.3) is 10.0 Å². The molecule has 0 aliphatic heterocycles. The van der Waals surface area contributed by atoms with Gasteiger partial charge in [-0.2, -0.15) is 8.42 Å². The fourth-order valence-electron chi connectivity index (χ4n) is 1.33. The molecule has 0 radical (unpaired) electrons. The number of benzene rings is 1. The van der Waals surface area contributed by atoms with Crippen LogP contribution in [0.15, 0.2) is 45.9 Å². The number of anilines is 1. The van der Waals surface area contributed by atoms with Crippen LogP contribution in [0.1, 0.15) is 5.76 Å². The Morgan fingerprint density at radius 2 is 1.94 bits per heavy atom. The number of furan rings is 1. The molecule has 0 amide bonds. The molecule has 0 aliphatic rings. The highest BCUT2D eigenvalue weighted by atomic mass is 127. The van der Waals surface area contributed by atoms with Crippen LogP contribution >= 0.6 is 22.6 Å². The smallest absolute Gasteiger partial charge is 0.295 e. The number of rotatable bonds is 4. The number of aliphatic hydroxyl groups excluding tert-OH is 1. The number of sulfonamides is 1. The van der Waals surface area contributed by atoms with Crippen molar-refractivity contribution < 1.29 is 17.9 Å². The average Bonchev–Trinajstić information content (AvgIpc) is 2.81. The summed E-state index contributed by atoms with van der Waals surface area (Å²) in [5, 5.41) is 8.62. The summed E-state index contributed by atoms with van der Waals surface area (Å²) in [7, 11) is -3.76. The van der Waals surface area contributed by atoms with Gasteiger partial charge in [-0.3, -0.25) is 4.72 Å². The molecule has 0 bridgehead atoms. The van der Waals surface area contributed by atoms with Crippen molar-refractivity contribution in [3.8, 4) is 0 Å². The molecule has 1 aromatic carbocycles. The molecule has 2 N–H and O–H groups in total. The Kier molecular flexibility index (Phi) is 3.93. The van der Waals surface area contributed by atoms with Crippen LogP contribution in [0.25, 0.3) is 0 Å². The molecule has 0 fully saturated rings. The number of para-hydroxylation sites is 1. The summed E-state index contributed by atoms with van der Waals surface area (Å²) in [4.78, 5) is 0. The molecule has 0 saturated heterocycles. The van der Waals surface area contributed by atoms with Crippen molar-refractivity contribution in [1.82, 2.24) is 0 Å². The van der Waals surface area contributed by atoms with Gasteiger partial charge in [-0.25, -0.2) is 0 Å². The minimum absolute atomic E-state index is 0.207. The van der Waals surface area contributed by atoms with Crippen molar-refractivity contribution in [3.05, 3.63) is 45.7 Å². The van der Waals surface area contributed by atoms with Crippen molar-refractivity contribution in [2.45, 2.75) is 11.7 Å². The lowest BCUT2D eigenvalue weighted by Gasteiger charge is -2.07. The van der Waals surface area contributed by atoms with Crippen molar-refractivity contribution in [2.24, 2.45) is 0 Å². The van der Waals surface area contributed by atoms with E-state index >= 15 is 0 Å². The molecule has 2 aromatic rings. The molecule has 5 nitrogen and oxygen atoms in total. The summed E-state index contributed by atoms with van der Waals surface area (Å²) < 4.78 is 32.2. The molecule has 0 saturated carbocycles. The standard InChI is InChI=1S/C11H10INO4S/c12-9-3-1-2-4-10(9)13-18(15,16)11-6-5-8(7-14)17-11/h1-6,13-14H,7H2. The zero-order valence-corrected chi connectivity index (χ0v) is 12.1. The summed E-state index contributed by atoms with van der Waals surface area (Å²) >= 11 is 2.03. The van der Waals surface area contributed by atoms with E-state index < -0.39 is 10.0 Å². The maximum atomic E-state index is 12.0. The van der Waals surface area contributed by atoms with Gasteiger partial charge in [0, 0.05) is 3.57 Å². The second kappa shape index (κ2) is 5.29. The van der Waals surface area contributed by atoms with Gasteiger partial charge in [-0.05, 0) is 46.9 Å². The predicted octanol–water partition coefficient (Wildman–Crippen LogP) is 2.18. The van der Waals surface area contributed by atoms with Crippen molar-refractivity contribution >= 4 is 38.3 Å². The molecule has 7 heteroatoms. The molecule has 1 aromatic heterocycles. The lowest BCUT2D eigenvalue weighted by atomic mass is 10.3. The van der Waals surface area contributed by atoms with Gasteiger partial charge in [0.2, 0.25) is 5.09 Å². The Labute approximate surface area is 118 Å². The first kappa shape index (κ1) is 13.4. The van der Waals surface area contributed by atoms with Crippen LogP contribution in [0.2, 0.25) is 0 Å². The van der Waals surface area contributed by atoms with Crippen LogP contribution in [0.4, 0.5) is 5.69 Å². The number of nitrogens with one attached hydrogen (secondary N) is 1. The third kappa shape index (κ3) is 2.85. The Hall–Kier alpha value is -1.06. The van der Waals surface area contributed by atoms with Gasteiger partial charge in [0.15, 0.2) is 0 Å². The minimum Gasteiger partial charge on any atom is -0.445 e. The first-order valence-corrected chi connectivity index (χ1v) is 7.56. The third-order valence-electron chi connectivity index (χ3n) is 2.18. The van der Waals surface area contributed by atoms with Crippen LogP contribution < -0.4 is 4.72 Å². The van der Waals surface area contributed by atoms with E-state index in [-0.39, 0.29) is 17.5 Å². The van der Waals surface area contributed by atoms with Gasteiger partial charge in [-0.15, -0.1) is 0 Å². The normalized spacial score (nSPS) is 11.4. The number of halogens is 1. The molecule has 96 valence electrons. The lowest BCUT2D eigenvalue weighted by Crippen LogP contribution is -2.12. The SMILES string of the molecule is O=S(=O)(Nc1ccccc1I)c1ccc(CO)o1. The predicted molar refractivity (Wildman–Crippen MR) is 74.6 cm³/mol. The third-order valence-corrected chi connectivity index (χ3v) is 4.35. The second-order valence-electron chi connectivity index (χ2n) is 3.46. The van der Waals surface area contributed by atoms with Crippen molar-refractivity contribution in [2.75, 3.05) is 4.72 Å². The van der Waals surface area contributed by atoms with Crippen LogP contribution in [-0.2, 0) is 16.6 Å². The van der Waals surface area contributed by atoms with Crippen LogP contribution in [0.5, 0.6) is 0 Å². The summed E-state index contributed by atoms with van der Waals surface area (Å²) in [6.07, 6.45) is 0. The number of hydrogen-bond donors (Lipinski definition) is 2. The Morgan fingerprint density at radius 3 is 2.56 bits per heavy atom. The number of aliphatic hydroxyl groups is 1. The summed E-state index contributed by atoms with van der Waals surface area (Å²) in [6.45, 7) is -0.335. The first-order valence-electron chi connectivity index (χ1n) is 5.00. The largest absolute Gasteiger partial charge is 0.445 e. The maximum Gasteiger partial charge on any atom is 0.295 e. The Morgan fingerprint density at radius 1 is 1.22 bits per heavy atom. The van der Waals surface area contributed by atoms with E-state index in [1.165, 1.54) is 12.1 Å². The van der Waals surface area contributed by atoms with Crippen LogP contribution in [0, 0.1) is 3.57 Å². The molecule has 2 rings (SSSR count). The highest BCUT2D eigenvalue weighted by Crippen LogP contribution is 2.22. The molecule has 0 aliphatic carbocycles. The summed E-state index contributed by atoms with van der Waals surface area (Å²) in [6, 6.07) is 9.74. The lowest BCUT2D eigenvalue weighted by molar-refractivity contribution is 0.236. The molecule has 1 heterocycles. The van der Waals surface area contributed by atoms with Crippen LogP contribution in [0.3, 0.4) is 0 Å². The number of hydrogen-bond acceptors (Lipinski definition) is 4. The monoisotopic (exact) mass is 379 g/mol. The molecule has 0 spiro atoms. The van der Waals surface area contributed by atoms with Gasteiger partial charge >= 0.3 is 0 Å². The van der Waals surface area contributed by atoms with Crippen molar-refractivity contribution in [3.63, 3.8) is 0 Å². The zero-order chi connectivity index (χ0) is 13.2. The van der Waals surface area contributed by atoms with Gasteiger partial charge in [0.05, 0.1) is 5.69 Å². The van der Waals surface area contributed by atoms with Gasteiger partial charge in [-0.1, -0.05) is 12.1 Å². The fourth-order valence-corrected chi connectivity index (χ4v) is 3.06. The van der Waals surface area contributed by atoms with Crippen LogP contribution in [-0.4, -0.2) is 13.5 Å². The highest BCUT2D eigenvalue weighted by Gasteiger charge is 2.19. The summed E-state index contributed by atoms with van der Waals surface area (Å²) in [5.41, 5.74) is 0.486. The van der Waals surface area contributed by atoms with E-state index in [2.05, 4.69) is 4.72 Å². The quantitative estimate of drug-likeness (QED) is 0.799. The van der Waals surface area contributed by atoms with E-state index in [1.54, 1.807) is 18.2 Å². The molecule has 0 atom stereocenters. The van der Waals surface area contributed by atoms with E-state index in [0.29, 0.717) is 5.69 Å². The molecular formula is C11H10INO4S. The van der Waals surface area contributed by atoms with Gasteiger partial charge < -0.3 is 9.52 Å². The molecule has 0 unspecified atom stereocenters. The fraction of sp³-hybridized carbons (Fsp3) is 0.0909. The Balaban J connectivity index is 2.30. The summed E-state index contributed by atoms with van der Waals surface area (Å²) in [5.74, 6) is 0.207. The van der Waals surface area contributed by atoms with E-state index in [4.69, 9.17) is 9.52 Å². The van der Waals surface area contributed by atoms with Gasteiger partial charge in [0.1, 0.15) is 12.4 Å². The zero-order valence-electron chi connectivity index (χ0n) is 9.13. The molecular weight excluding hydrogens is 369 g/mol. The maximum absolute atomic E-state index is 12.0.